The van der Waals surface area contributed by atoms with Crippen molar-refractivity contribution in [2.75, 3.05) is 47.4 Å². The van der Waals surface area contributed by atoms with Crippen LogP contribution in [0.3, 0.4) is 0 Å². The van der Waals surface area contributed by atoms with Gasteiger partial charge < -0.3 is 35.3 Å². The van der Waals surface area contributed by atoms with Crippen molar-refractivity contribution in [3.63, 3.8) is 0 Å². The first-order chi connectivity index (χ1) is 18.2. The lowest BCUT2D eigenvalue weighted by Gasteiger charge is -2.47. The zero-order valence-electron chi connectivity index (χ0n) is 25.4. The zero-order chi connectivity index (χ0) is 29.1. The number of esters is 1. The highest BCUT2D eigenvalue weighted by Gasteiger charge is 2.50. The van der Waals surface area contributed by atoms with Crippen molar-refractivity contribution >= 4 is 11.8 Å². The number of nitrogens with one attached hydrogen (secondary N) is 1. The number of carbonyl (C=O) groups excluding carboxylic acids is 2. The fraction of sp³-hybridized carbons (Fsp3) is 0.931. The van der Waals surface area contributed by atoms with E-state index in [-0.39, 0.29) is 30.6 Å². The van der Waals surface area contributed by atoms with Gasteiger partial charge in [0.1, 0.15) is 18.1 Å². The van der Waals surface area contributed by atoms with E-state index in [2.05, 4.69) is 17.3 Å². The van der Waals surface area contributed by atoms with Gasteiger partial charge in [-0.15, -0.1) is 0 Å². The van der Waals surface area contributed by atoms with Gasteiger partial charge in [-0.2, -0.15) is 0 Å². The van der Waals surface area contributed by atoms with Gasteiger partial charge in [-0.25, -0.2) is 0 Å². The summed E-state index contributed by atoms with van der Waals surface area (Å²) in [6.07, 6.45) is 0.910. The van der Waals surface area contributed by atoms with Crippen LogP contribution in [-0.2, 0) is 23.8 Å². The van der Waals surface area contributed by atoms with Crippen LogP contribution in [-0.4, -0.2) is 116 Å². The number of hydrogen-bond acceptors (Lipinski definition) is 10. The second-order valence-corrected chi connectivity index (χ2v) is 13.0. The molecule has 10 heteroatoms. The molecule has 0 aromatic carbocycles. The number of rotatable bonds is 5. The topological polar surface area (TPSA) is 127 Å². The summed E-state index contributed by atoms with van der Waals surface area (Å²) in [5, 5.41) is 14.6. The molecule has 3 saturated heterocycles. The molecular weight excluding hydrogens is 500 g/mol. The molecule has 3 aliphatic heterocycles. The maximum Gasteiger partial charge on any atom is 0.319 e. The van der Waals surface area contributed by atoms with E-state index in [0.717, 1.165) is 32.5 Å². The van der Waals surface area contributed by atoms with Crippen LogP contribution in [0.15, 0.2) is 0 Å². The van der Waals surface area contributed by atoms with Crippen molar-refractivity contribution < 1.29 is 28.9 Å². The number of aliphatic hydroxyl groups is 1. The van der Waals surface area contributed by atoms with Crippen molar-refractivity contribution in [3.05, 3.63) is 0 Å². The van der Waals surface area contributed by atoms with E-state index in [0.29, 0.717) is 25.2 Å². The third kappa shape index (κ3) is 7.20. The Labute approximate surface area is 235 Å². The molecule has 0 aromatic heterocycles. The molecule has 9 atom stereocenters. The van der Waals surface area contributed by atoms with Crippen LogP contribution in [0.4, 0.5) is 0 Å². The maximum absolute atomic E-state index is 14.0. The fourth-order valence-corrected chi connectivity index (χ4v) is 6.67. The Morgan fingerprint density at radius 2 is 1.95 bits per heavy atom. The minimum absolute atomic E-state index is 0.0594. The molecule has 3 aliphatic rings. The molecule has 39 heavy (non-hydrogen) atoms. The molecule has 226 valence electrons. The summed E-state index contributed by atoms with van der Waals surface area (Å²) in [6.45, 7) is 11.9. The Morgan fingerprint density at radius 3 is 2.54 bits per heavy atom. The average molecular weight is 555 g/mol. The number of cyclic esters (lactones) is 1. The van der Waals surface area contributed by atoms with Gasteiger partial charge in [0.2, 0.25) is 0 Å². The van der Waals surface area contributed by atoms with Crippen LogP contribution < -0.4 is 11.1 Å². The van der Waals surface area contributed by atoms with E-state index < -0.39 is 41.3 Å². The lowest BCUT2D eigenvalue weighted by Crippen LogP contribution is -2.62. The van der Waals surface area contributed by atoms with Crippen LogP contribution in [0.5, 0.6) is 0 Å². The minimum Gasteiger partial charge on any atom is -0.463 e. The van der Waals surface area contributed by atoms with E-state index in [9.17, 15) is 14.7 Å². The van der Waals surface area contributed by atoms with Crippen LogP contribution in [0, 0.1) is 17.3 Å². The third-order valence-corrected chi connectivity index (χ3v) is 9.52. The molecule has 3 fully saturated rings. The smallest absolute Gasteiger partial charge is 0.319 e. The van der Waals surface area contributed by atoms with Gasteiger partial charge in [0.25, 0.3) is 0 Å². The monoisotopic (exact) mass is 554 g/mol. The van der Waals surface area contributed by atoms with E-state index >= 15 is 0 Å². The van der Waals surface area contributed by atoms with Crippen molar-refractivity contribution in [3.8, 4) is 0 Å². The lowest BCUT2D eigenvalue weighted by molar-refractivity contribution is -0.280. The predicted molar refractivity (Wildman–Crippen MR) is 150 cm³/mol. The Morgan fingerprint density at radius 1 is 1.26 bits per heavy atom. The van der Waals surface area contributed by atoms with Gasteiger partial charge in [0.15, 0.2) is 12.1 Å². The summed E-state index contributed by atoms with van der Waals surface area (Å²) in [5.41, 5.74) is 4.87. The van der Waals surface area contributed by atoms with Crippen molar-refractivity contribution in [1.82, 2.24) is 15.1 Å². The molecule has 0 saturated carbocycles. The molecule has 0 bridgehead atoms. The molecular formula is C29H54N4O6. The summed E-state index contributed by atoms with van der Waals surface area (Å²) in [7, 11) is 5.92. The number of carbonyl (C=O) groups is 2. The van der Waals surface area contributed by atoms with E-state index in [1.54, 1.807) is 20.8 Å². The molecule has 0 radical (unpaired) electrons. The number of nitrogens with zero attached hydrogens (tertiary/aromatic N) is 2. The maximum atomic E-state index is 14.0. The lowest BCUT2D eigenvalue weighted by atomic mass is 9.72. The number of ether oxygens (including phenoxy) is 3. The molecule has 4 N–H and O–H groups in total. The number of likely N-dealkylation sites (N-methyl/N-ethyl adjacent to an activating group) is 2. The predicted octanol–water partition coefficient (Wildman–Crippen LogP) is 1.38. The minimum atomic E-state index is -1.38. The summed E-state index contributed by atoms with van der Waals surface area (Å²) in [6, 6.07) is -0.0977. The van der Waals surface area contributed by atoms with E-state index in [1.807, 2.05) is 32.8 Å². The van der Waals surface area contributed by atoms with Crippen LogP contribution in [0.25, 0.3) is 0 Å². The first-order valence-electron chi connectivity index (χ1n) is 14.8. The first kappa shape index (κ1) is 32.4. The number of Topliss-reactive ketones (excluding diaryl/α,β-unsaturated/α-hetero) is 1. The summed E-state index contributed by atoms with van der Waals surface area (Å²) < 4.78 is 18.5. The highest BCUT2D eigenvalue weighted by Crippen LogP contribution is 2.36. The molecule has 0 unspecified atom stereocenters. The normalized spacial score (nSPS) is 41.5. The van der Waals surface area contributed by atoms with Crippen molar-refractivity contribution in [2.45, 2.75) is 109 Å². The quantitative estimate of drug-likeness (QED) is 0.339. The first-order valence-corrected chi connectivity index (χ1v) is 14.8. The highest BCUT2D eigenvalue weighted by atomic mass is 16.7. The summed E-state index contributed by atoms with van der Waals surface area (Å²) in [5.74, 6) is -1.17. The Kier molecular flexibility index (Phi) is 11.0. The van der Waals surface area contributed by atoms with Gasteiger partial charge >= 0.3 is 5.97 Å². The van der Waals surface area contributed by atoms with Crippen molar-refractivity contribution in [1.29, 1.82) is 0 Å². The Bertz CT molecular complexity index is 835. The van der Waals surface area contributed by atoms with Crippen LogP contribution >= 0.6 is 0 Å². The Balaban J connectivity index is 1.95. The van der Waals surface area contributed by atoms with E-state index in [1.165, 1.54) is 0 Å². The average Bonchev–Trinajstić information content (AvgIpc) is 3.41. The van der Waals surface area contributed by atoms with Gasteiger partial charge in [-0.05, 0) is 99.6 Å². The SMILES string of the molecule is CC[C@]1(N)CCCN(C)[C@@H]([C@H]2CCNC2)COC(=O)C(C)(C)C(=O)[C@H](C)[C@H]1O[C@@H]1O[C@H](C)C[C@H](N(C)C)[C@H]1O. The number of ketones is 1. The molecule has 0 aliphatic carbocycles. The summed E-state index contributed by atoms with van der Waals surface area (Å²) in [4.78, 5) is 31.6. The second-order valence-electron chi connectivity index (χ2n) is 13.0. The molecule has 10 nitrogen and oxygen atoms in total. The molecule has 3 rings (SSSR count). The molecule has 3 heterocycles. The molecule has 0 amide bonds. The summed E-state index contributed by atoms with van der Waals surface area (Å²) >= 11 is 0. The number of hydrogen-bond donors (Lipinski definition) is 3. The third-order valence-electron chi connectivity index (χ3n) is 9.52. The second kappa shape index (κ2) is 13.2. The highest BCUT2D eigenvalue weighted by molar-refractivity contribution is 6.04. The van der Waals surface area contributed by atoms with Gasteiger partial charge in [0.05, 0.1) is 12.2 Å². The Hall–Kier alpha value is -1.14. The molecule has 0 aromatic rings. The van der Waals surface area contributed by atoms with Gasteiger partial charge in [-0.1, -0.05) is 13.8 Å². The van der Waals surface area contributed by atoms with Crippen LogP contribution in [0.2, 0.25) is 0 Å². The number of aliphatic hydroxyl groups excluding tert-OH is 1. The van der Waals surface area contributed by atoms with Crippen molar-refractivity contribution in [2.24, 2.45) is 23.0 Å². The van der Waals surface area contributed by atoms with Crippen LogP contribution in [0.1, 0.15) is 66.7 Å². The van der Waals surface area contributed by atoms with E-state index in [4.69, 9.17) is 19.9 Å². The van der Waals surface area contributed by atoms with Gasteiger partial charge in [-0.3, -0.25) is 14.5 Å². The zero-order valence-corrected chi connectivity index (χ0v) is 25.4. The fourth-order valence-electron chi connectivity index (χ4n) is 6.67. The largest absolute Gasteiger partial charge is 0.463 e. The molecule has 0 spiro atoms. The van der Waals surface area contributed by atoms with Gasteiger partial charge in [0, 0.05) is 23.5 Å². The standard InChI is InChI=1S/C29H54N4O6/c1-9-29(30)12-10-14-33(8)22(20-11-13-31-16-20)17-37-27(36)28(4,5)24(35)19(3)25(29)39-26-23(34)21(32(6)7)15-18(2)38-26/h18-23,25-26,31,34H,9-17,30H2,1-8H3/t18-,19+,20+,21+,22-,23-,25-,26+,29+/m1/s1. The number of nitrogens with two attached hydrogens (primary N) is 1.